The average Bonchev–Trinajstić information content (AvgIpc) is 2.53. The fraction of sp³-hybridized carbons (Fsp3) is 0.900. The second-order valence-electron chi connectivity index (χ2n) is 5.28. The lowest BCUT2D eigenvalue weighted by Gasteiger charge is -2.17. The van der Waals surface area contributed by atoms with Gasteiger partial charge in [-0.3, -0.25) is 4.79 Å². The molecular formula is C10H19NO2. The summed E-state index contributed by atoms with van der Waals surface area (Å²) in [6.07, 6.45) is 0.963. The van der Waals surface area contributed by atoms with E-state index in [1.807, 2.05) is 0 Å². The Bertz CT molecular complexity index is 215. The molecule has 1 saturated carbocycles. The molecule has 1 amide bonds. The first-order valence-electron chi connectivity index (χ1n) is 4.72. The van der Waals surface area contributed by atoms with Crippen LogP contribution in [0.4, 0.5) is 0 Å². The van der Waals surface area contributed by atoms with Crippen molar-refractivity contribution in [2.45, 2.75) is 39.7 Å². The van der Waals surface area contributed by atoms with Crippen molar-refractivity contribution in [1.29, 1.82) is 0 Å². The smallest absolute Gasteiger partial charge is 0.223 e. The summed E-state index contributed by atoms with van der Waals surface area (Å²) in [6.45, 7) is 7.87. The number of aliphatic hydroxyl groups is 1. The van der Waals surface area contributed by atoms with E-state index < -0.39 is 5.60 Å². The van der Waals surface area contributed by atoms with Crippen LogP contribution in [0.3, 0.4) is 0 Å². The fourth-order valence-electron chi connectivity index (χ4n) is 1.34. The number of nitrogens with one attached hydrogen (secondary N) is 1. The summed E-state index contributed by atoms with van der Waals surface area (Å²) < 4.78 is 0. The lowest BCUT2D eigenvalue weighted by molar-refractivity contribution is -0.124. The minimum absolute atomic E-state index is 0.0760. The van der Waals surface area contributed by atoms with Gasteiger partial charge in [-0.2, -0.15) is 0 Å². The molecule has 1 aliphatic carbocycles. The molecule has 2 N–H and O–H groups in total. The van der Waals surface area contributed by atoms with Crippen molar-refractivity contribution in [2.75, 3.05) is 6.54 Å². The predicted octanol–water partition coefficient (Wildman–Crippen LogP) is 0.920. The van der Waals surface area contributed by atoms with Gasteiger partial charge in [0.1, 0.15) is 0 Å². The van der Waals surface area contributed by atoms with Gasteiger partial charge in [0, 0.05) is 12.5 Å². The average molecular weight is 185 g/mol. The van der Waals surface area contributed by atoms with E-state index in [1.54, 1.807) is 13.8 Å². The van der Waals surface area contributed by atoms with E-state index in [9.17, 15) is 9.90 Å². The number of carbonyl (C=O) groups is 1. The standard InChI is InChI=1S/C10H19NO2/c1-9(2)5-7(9)8(12)11-6-10(3,4)13/h7,13H,5-6H2,1-4H3,(H,11,12)/t7-/m1/s1. The summed E-state index contributed by atoms with van der Waals surface area (Å²) in [4.78, 5) is 11.4. The Labute approximate surface area is 79.5 Å². The van der Waals surface area contributed by atoms with E-state index in [4.69, 9.17) is 0 Å². The maximum Gasteiger partial charge on any atom is 0.223 e. The highest BCUT2D eigenvalue weighted by atomic mass is 16.3. The van der Waals surface area contributed by atoms with Crippen molar-refractivity contribution in [3.63, 3.8) is 0 Å². The third-order valence-corrected chi connectivity index (χ3v) is 2.53. The molecule has 0 saturated heterocycles. The van der Waals surface area contributed by atoms with Crippen LogP contribution in [0, 0.1) is 11.3 Å². The quantitative estimate of drug-likeness (QED) is 0.687. The molecule has 1 rings (SSSR count). The first-order valence-corrected chi connectivity index (χ1v) is 4.72. The van der Waals surface area contributed by atoms with Crippen molar-refractivity contribution in [3.05, 3.63) is 0 Å². The maximum absolute atomic E-state index is 11.4. The highest BCUT2D eigenvalue weighted by Gasteiger charge is 2.50. The second-order valence-corrected chi connectivity index (χ2v) is 5.28. The van der Waals surface area contributed by atoms with E-state index in [1.165, 1.54) is 0 Å². The van der Waals surface area contributed by atoms with Crippen molar-refractivity contribution >= 4 is 5.91 Å². The Balaban J connectivity index is 2.29. The van der Waals surface area contributed by atoms with Crippen LogP contribution in [0.25, 0.3) is 0 Å². The van der Waals surface area contributed by atoms with Gasteiger partial charge in [0.15, 0.2) is 0 Å². The predicted molar refractivity (Wildman–Crippen MR) is 51.2 cm³/mol. The maximum atomic E-state index is 11.4. The van der Waals surface area contributed by atoms with Crippen LogP contribution >= 0.6 is 0 Å². The number of rotatable bonds is 3. The summed E-state index contributed by atoms with van der Waals surface area (Å²) in [5, 5.41) is 12.1. The Morgan fingerprint density at radius 2 is 2.08 bits per heavy atom. The summed E-state index contributed by atoms with van der Waals surface area (Å²) in [7, 11) is 0. The highest BCUT2D eigenvalue weighted by molar-refractivity contribution is 5.82. The molecule has 3 heteroatoms. The summed E-state index contributed by atoms with van der Waals surface area (Å²) in [5.41, 5.74) is -0.641. The first kappa shape index (κ1) is 10.5. The minimum Gasteiger partial charge on any atom is -0.389 e. The van der Waals surface area contributed by atoms with Gasteiger partial charge in [0.25, 0.3) is 0 Å². The van der Waals surface area contributed by atoms with E-state index in [-0.39, 0.29) is 17.2 Å². The van der Waals surface area contributed by atoms with Gasteiger partial charge >= 0.3 is 0 Å². The van der Waals surface area contributed by atoms with Gasteiger partial charge in [-0.1, -0.05) is 13.8 Å². The summed E-state index contributed by atoms with van der Waals surface area (Å²) >= 11 is 0. The van der Waals surface area contributed by atoms with E-state index in [0.29, 0.717) is 6.54 Å². The zero-order valence-electron chi connectivity index (χ0n) is 8.85. The lowest BCUT2D eigenvalue weighted by Crippen LogP contribution is -2.39. The molecule has 0 unspecified atom stereocenters. The van der Waals surface area contributed by atoms with Gasteiger partial charge in [-0.05, 0) is 25.7 Å². The molecule has 76 valence electrons. The number of hydrogen-bond donors (Lipinski definition) is 2. The number of carbonyl (C=O) groups excluding carboxylic acids is 1. The molecule has 0 radical (unpaired) electrons. The van der Waals surface area contributed by atoms with Gasteiger partial charge in [-0.25, -0.2) is 0 Å². The fourth-order valence-corrected chi connectivity index (χ4v) is 1.34. The third-order valence-electron chi connectivity index (χ3n) is 2.53. The number of hydrogen-bond acceptors (Lipinski definition) is 2. The largest absolute Gasteiger partial charge is 0.389 e. The van der Waals surface area contributed by atoms with Crippen molar-refractivity contribution < 1.29 is 9.90 Å². The molecule has 0 bridgehead atoms. The topological polar surface area (TPSA) is 49.3 Å². The van der Waals surface area contributed by atoms with Gasteiger partial charge in [0.05, 0.1) is 5.60 Å². The molecule has 0 heterocycles. The molecule has 13 heavy (non-hydrogen) atoms. The molecule has 0 aromatic carbocycles. The monoisotopic (exact) mass is 185 g/mol. The van der Waals surface area contributed by atoms with Crippen molar-refractivity contribution in [3.8, 4) is 0 Å². The molecular weight excluding hydrogens is 166 g/mol. The van der Waals surface area contributed by atoms with Gasteiger partial charge < -0.3 is 10.4 Å². The third kappa shape index (κ3) is 2.99. The van der Waals surface area contributed by atoms with Crippen LogP contribution in [-0.2, 0) is 4.79 Å². The molecule has 0 spiro atoms. The molecule has 0 aromatic heterocycles. The Kier molecular flexibility index (Phi) is 2.41. The van der Waals surface area contributed by atoms with Crippen LogP contribution in [0.5, 0.6) is 0 Å². The first-order chi connectivity index (χ1) is 5.72. The summed E-state index contributed by atoms with van der Waals surface area (Å²) in [6, 6.07) is 0. The molecule has 3 nitrogen and oxygen atoms in total. The van der Waals surface area contributed by atoms with Crippen LogP contribution in [0.1, 0.15) is 34.1 Å². The zero-order valence-corrected chi connectivity index (χ0v) is 8.85. The zero-order chi connectivity index (χ0) is 10.3. The molecule has 1 atom stereocenters. The van der Waals surface area contributed by atoms with Crippen molar-refractivity contribution in [2.24, 2.45) is 11.3 Å². The van der Waals surface area contributed by atoms with Gasteiger partial charge in [0.2, 0.25) is 5.91 Å². The van der Waals surface area contributed by atoms with Crippen molar-refractivity contribution in [1.82, 2.24) is 5.32 Å². The molecule has 1 aliphatic rings. The molecule has 0 aliphatic heterocycles. The second kappa shape index (κ2) is 2.98. The van der Waals surface area contributed by atoms with Crippen LogP contribution in [-0.4, -0.2) is 23.2 Å². The summed E-state index contributed by atoms with van der Waals surface area (Å²) in [5.74, 6) is 0.224. The minimum atomic E-state index is -0.811. The van der Waals surface area contributed by atoms with E-state index >= 15 is 0 Å². The van der Waals surface area contributed by atoms with Crippen LogP contribution in [0.15, 0.2) is 0 Å². The Morgan fingerprint density at radius 1 is 1.62 bits per heavy atom. The SMILES string of the molecule is CC(C)(O)CNC(=O)[C@H]1CC1(C)C. The normalized spacial score (nSPS) is 25.5. The van der Waals surface area contributed by atoms with E-state index in [2.05, 4.69) is 19.2 Å². The molecule has 0 aromatic rings. The van der Waals surface area contributed by atoms with Crippen LogP contribution in [0.2, 0.25) is 0 Å². The van der Waals surface area contributed by atoms with Crippen LogP contribution < -0.4 is 5.32 Å². The Hall–Kier alpha value is -0.570. The highest BCUT2D eigenvalue weighted by Crippen LogP contribution is 2.51. The number of amides is 1. The van der Waals surface area contributed by atoms with Gasteiger partial charge in [-0.15, -0.1) is 0 Å². The lowest BCUT2D eigenvalue weighted by atomic mass is 10.1. The molecule has 1 fully saturated rings. The van der Waals surface area contributed by atoms with E-state index in [0.717, 1.165) is 6.42 Å². The Morgan fingerprint density at radius 3 is 2.38 bits per heavy atom.